The molecule has 0 saturated heterocycles. The SMILES string of the molecule is O=C=NC1(c2cc(Cl)c(O)cc2F)CC1. The second-order valence-corrected chi connectivity index (χ2v) is 3.93. The second kappa shape index (κ2) is 3.33. The van der Waals surface area contributed by atoms with Gasteiger partial charge in [-0.25, -0.2) is 9.18 Å². The summed E-state index contributed by atoms with van der Waals surface area (Å²) in [7, 11) is 0. The van der Waals surface area contributed by atoms with Crippen LogP contribution in [-0.2, 0) is 10.3 Å². The summed E-state index contributed by atoms with van der Waals surface area (Å²) in [5, 5.41) is 9.22. The predicted molar refractivity (Wildman–Crippen MR) is 52.1 cm³/mol. The van der Waals surface area contributed by atoms with Crippen LogP contribution in [0.1, 0.15) is 18.4 Å². The highest BCUT2D eigenvalue weighted by atomic mass is 35.5. The van der Waals surface area contributed by atoms with E-state index < -0.39 is 11.4 Å². The van der Waals surface area contributed by atoms with Crippen LogP contribution in [0.25, 0.3) is 0 Å². The van der Waals surface area contributed by atoms with Crippen LogP contribution in [0.5, 0.6) is 5.75 Å². The van der Waals surface area contributed by atoms with E-state index in [4.69, 9.17) is 16.7 Å². The molecule has 1 aliphatic rings. The molecule has 0 aromatic heterocycles. The zero-order chi connectivity index (χ0) is 11.1. The molecule has 0 bridgehead atoms. The van der Waals surface area contributed by atoms with Crippen LogP contribution in [0.15, 0.2) is 17.1 Å². The number of carbonyl (C=O) groups excluding carboxylic acids is 1. The van der Waals surface area contributed by atoms with E-state index in [0.29, 0.717) is 12.8 Å². The van der Waals surface area contributed by atoms with Gasteiger partial charge >= 0.3 is 0 Å². The highest BCUT2D eigenvalue weighted by Gasteiger charge is 2.47. The number of aromatic hydroxyl groups is 1. The number of nitrogens with zero attached hydrogens (tertiary/aromatic N) is 1. The van der Waals surface area contributed by atoms with Gasteiger partial charge in [-0.05, 0) is 18.9 Å². The van der Waals surface area contributed by atoms with Crippen LogP contribution < -0.4 is 0 Å². The fourth-order valence-electron chi connectivity index (χ4n) is 1.54. The van der Waals surface area contributed by atoms with Crippen LogP contribution >= 0.6 is 11.6 Å². The topological polar surface area (TPSA) is 49.7 Å². The molecule has 1 saturated carbocycles. The normalized spacial score (nSPS) is 16.9. The van der Waals surface area contributed by atoms with E-state index >= 15 is 0 Å². The van der Waals surface area contributed by atoms with Crippen LogP contribution in [0.4, 0.5) is 4.39 Å². The fourth-order valence-corrected chi connectivity index (χ4v) is 1.70. The zero-order valence-corrected chi connectivity index (χ0v) is 8.38. The molecule has 5 heteroatoms. The van der Waals surface area contributed by atoms with Crippen molar-refractivity contribution in [2.75, 3.05) is 0 Å². The lowest BCUT2D eigenvalue weighted by Gasteiger charge is -2.10. The zero-order valence-electron chi connectivity index (χ0n) is 7.63. The lowest BCUT2D eigenvalue weighted by Crippen LogP contribution is -2.05. The quantitative estimate of drug-likeness (QED) is 0.623. The first-order valence-corrected chi connectivity index (χ1v) is 4.74. The van der Waals surface area contributed by atoms with Crippen molar-refractivity contribution >= 4 is 17.7 Å². The maximum absolute atomic E-state index is 13.5. The third kappa shape index (κ3) is 1.62. The van der Waals surface area contributed by atoms with Gasteiger partial charge in [-0.3, -0.25) is 0 Å². The molecule has 0 radical (unpaired) electrons. The first-order valence-electron chi connectivity index (χ1n) is 4.36. The summed E-state index contributed by atoms with van der Waals surface area (Å²) in [4.78, 5) is 13.8. The molecule has 1 aromatic rings. The molecule has 78 valence electrons. The molecule has 0 amide bonds. The minimum absolute atomic E-state index is 0.0544. The van der Waals surface area contributed by atoms with Crippen LogP contribution in [0.3, 0.4) is 0 Å². The molecular formula is C10H7ClFNO2. The first-order chi connectivity index (χ1) is 7.09. The summed E-state index contributed by atoms with van der Waals surface area (Å²) < 4.78 is 13.5. The third-order valence-corrected chi connectivity index (χ3v) is 2.82. The fraction of sp³-hybridized carbons (Fsp3) is 0.300. The van der Waals surface area contributed by atoms with E-state index in [2.05, 4.69) is 4.99 Å². The van der Waals surface area contributed by atoms with E-state index in [0.717, 1.165) is 6.07 Å². The molecule has 1 aromatic carbocycles. The average Bonchev–Trinajstić information content (AvgIpc) is 2.93. The largest absolute Gasteiger partial charge is 0.506 e. The van der Waals surface area contributed by atoms with Gasteiger partial charge in [-0.15, -0.1) is 0 Å². The lowest BCUT2D eigenvalue weighted by molar-refractivity contribution is 0.466. The van der Waals surface area contributed by atoms with Gasteiger partial charge in [0.25, 0.3) is 0 Å². The standard InChI is InChI=1S/C10H7ClFNO2/c11-7-3-6(8(12)4-9(7)15)10(1-2-10)13-5-14/h3-4,15H,1-2H2. The summed E-state index contributed by atoms with van der Waals surface area (Å²) in [5.74, 6) is -0.919. The summed E-state index contributed by atoms with van der Waals surface area (Å²) in [6, 6.07) is 2.23. The molecular weight excluding hydrogens is 221 g/mol. The van der Waals surface area contributed by atoms with Crippen LogP contribution in [0, 0.1) is 5.82 Å². The molecule has 0 spiro atoms. The molecule has 2 rings (SSSR count). The Morgan fingerprint density at radius 2 is 2.20 bits per heavy atom. The summed E-state index contributed by atoms with van der Waals surface area (Å²) in [6.45, 7) is 0. The van der Waals surface area contributed by atoms with Gasteiger partial charge in [-0.1, -0.05) is 11.6 Å². The first kappa shape index (κ1) is 10.1. The van der Waals surface area contributed by atoms with E-state index in [9.17, 15) is 9.18 Å². The van der Waals surface area contributed by atoms with Crippen molar-refractivity contribution in [3.8, 4) is 5.75 Å². The number of rotatable bonds is 2. The molecule has 0 atom stereocenters. The van der Waals surface area contributed by atoms with Crippen molar-refractivity contribution in [2.24, 2.45) is 4.99 Å². The van der Waals surface area contributed by atoms with Gasteiger partial charge in [0.15, 0.2) is 0 Å². The minimum atomic E-state index is -0.802. The number of hydrogen-bond donors (Lipinski definition) is 1. The number of hydrogen-bond acceptors (Lipinski definition) is 3. The molecule has 0 unspecified atom stereocenters. The van der Waals surface area contributed by atoms with E-state index in [1.807, 2.05) is 0 Å². The molecule has 15 heavy (non-hydrogen) atoms. The van der Waals surface area contributed by atoms with Crippen molar-refractivity contribution < 1.29 is 14.3 Å². The summed E-state index contributed by atoms with van der Waals surface area (Å²) in [5.41, 5.74) is -0.558. The Balaban J connectivity index is 2.54. The lowest BCUT2D eigenvalue weighted by atomic mass is 10.0. The van der Waals surface area contributed by atoms with Gasteiger partial charge in [0, 0.05) is 11.6 Å². The number of phenols is 1. The van der Waals surface area contributed by atoms with Gasteiger partial charge in [0.1, 0.15) is 17.1 Å². The van der Waals surface area contributed by atoms with Crippen molar-refractivity contribution in [3.05, 3.63) is 28.5 Å². The second-order valence-electron chi connectivity index (χ2n) is 3.52. The highest BCUT2D eigenvalue weighted by molar-refractivity contribution is 6.32. The number of aliphatic imine (C=N–C) groups is 1. The van der Waals surface area contributed by atoms with Gasteiger partial charge in [0.2, 0.25) is 6.08 Å². The maximum Gasteiger partial charge on any atom is 0.235 e. The molecule has 1 aliphatic carbocycles. The van der Waals surface area contributed by atoms with Crippen molar-refractivity contribution in [1.29, 1.82) is 0 Å². The summed E-state index contributed by atoms with van der Waals surface area (Å²) >= 11 is 5.66. The van der Waals surface area contributed by atoms with E-state index in [-0.39, 0.29) is 16.3 Å². The third-order valence-electron chi connectivity index (χ3n) is 2.52. The van der Waals surface area contributed by atoms with Crippen molar-refractivity contribution in [3.63, 3.8) is 0 Å². The number of isocyanates is 1. The Labute approximate surface area is 90.2 Å². The molecule has 3 nitrogen and oxygen atoms in total. The van der Waals surface area contributed by atoms with Gasteiger partial charge < -0.3 is 5.11 Å². The van der Waals surface area contributed by atoms with E-state index in [1.165, 1.54) is 12.1 Å². The van der Waals surface area contributed by atoms with Crippen LogP contribution in [0.2, 0.25) is 5.02 Å². The predicted octanol–water partition coefficient (Wildman–Crippen LogP) is 2.51. The Kier molecular flexibility index (Phi) is 2.25. The van der Waals surface area contributed by atoms with Gasteiger partial charge in [-0.2, -0.15) is 4.99 Å². The average molecular weight is 228 g/mol. The number of benzene rings is 1. The smallest absolute Gasteiger partial charge is 0.235 e. The van der Waals surface area contributed by atoms with Gasteiger partial charge in [0.05, 0.1) is 5.02 Å². The number of phenolic OH excluding ortho intramolecular Hbond substituents is 1. The molecule has 1 fully saturated rings. The van der Waals surface area contributed by atoms with E-state index in [1.54, 1.807) is 0 Å². The Hall–Kier alpha value is -1.38. The number of halogens is 2. The Bertz CT molecular complexity index is 465. The monoisotopic (exact) mass is 227 g/mol. The maximum atomic E-state index is 13.5. The molecule has 0 aliphatic heterocycles. The van der Waals surface area contributed by atoms with Crippen molar-refractivity contribution in [1.82, 2.24) is 0 Å². The van der Waals surface area contributed by atoms with Crippen molar-refractivity contribution in [2.45, 2.75) is 18.4 Å². The van der Waals surface area contributed by atoms with Crippen LogP contribution in [-0.4, -0.2) is 11.2 Å². The molecule has 0 heterocycles. The highest BCUT2D eigenvalue weighted by Crippen LogP contribution is 2.51. The Morgan fingerprint density at radius 3 is 2.73 bits per heavy atom. The summed E-state index contributed by atoms with van der Waals surface area (Å²) in [6.07, 6.45) is 2.63. The Morgan fingerprint density at radius 1 is 1.53 bits per heavy atom. The molecule has 1 N–H and O–H groups in total. The minimum Gasteiger partial charge on any atom is -0.506 e.